The smallest absolute Gasteiger partial charge is 0.306 e. The molecular formula is C23H29NO6. The summed E-state index contributed by atoms with van der Waals surface area (Å²) in [7, 11) is 6.47. The number of ether oxygens (including phenoxy) is 4. The third kappa shape index (κ3) is 4.46. The van der Waals surface area contributed by atoms with Gasteiger partial charge in [0.25, 0.3) is 0 Å². The van der Waals surface area contributed by atoms with Crippen molar-refractivity contribution in [3.05, 3.63) is 47.5 Å². The molecule has 162 valence electrons. The second-order valence-electron chi connectivity index (χ2n) is 7.28. The molecule has 1 saturated heterocycles. The van der Waals surface area contributed by atoms with Crippen LogP contribution in [0.1, 0.15) is 30.0 Å². The fraction of sp³-hybridized carbons (Fsp3) is 0.435. The highest BCUT2D eigenvalue weighted by Gasteiger charge is 2.32. The first kappa shape index (κ1) is 21.8. The lowest BCUT2D eigenvalue weighted by atomic mass is 9.90. The molecule has 1 fully saturated rings. The van der Waals surface area contributed by atoms with Gasteiger partial charge in [0.15, 0.2) is 11.5 Å². The molecule has 1 N–H and O–H groups in total. The molecule has 1 aliphatic rings. The van der Waals surface area contributed by atoms with Crippen LogP contribution in [0.5, 0.6) is 23.0 Å². The van der Waals surface area contributed by atoms with E-state index in [2.05, 4.69) is 4.90 Å². The van der Waals surface area contributed by atoms with Crippen LogP contribution in [0.4, 0.5) is 0 Å². The molecule has 0 spiro atoms. The van der Waals surface area contributed by atoms with Gasteiger partial charge in [-0.05, 0) is 49.7 Å². The predicted octanol–water partition coefficient (Wildman–Crippen LogP) is 3.61. The van der Waals surface area contributed by atoms with Gasteiger partial charge in [0.1, 0.15) is 11.5 Å². The van der Waals surface area contributed by atoms with E-state index in [1.165, 1.54) is 0 Å². The summed E-state index contributed by atoms with van der Waals surface area (Å²) in [6, 6.07) is 11.5. The topological polar surface area (TPSA) is 77.5 Å². The molecule has 1 atom stereocenters. The lowest BCUT2D eigenvalue weighted by Gasteiger charge is -2.37. The average Bonchev–Trinajstić information content (AvgIpc) is 2.79. The van der Waals surface area contributed by atoms with Crippen molar-refractivity contribution in [1.29, 1.82) is 0 Å². The molecule has 3 rings (SSSR count). The van der Waals surface area contributed by atoms with Crippen LogP contribution in [-0.4, -0.2) is 57.5 Å². The first-order valence-corrected chi connectivity index (χ1v) is 9.93. The van der Waals surface area contributed by atoms with Crippen molar-refractivity contribution >= 4 is 5.97 Å². The number of carbonyl (C=O) groups is 1. The number of rotatable bonds is 8. The Labute approximate surface area is 177 Å². The van der Waals surface area contributed by atoms with Gasteiger partial charge in [0.05, 0.1) is 40.4 Å². The van der Waals surface area contributed by atoms with Crippen LogP contribution < -0.4 is 18.9 Å². The van der Waals surface area contributed by atoms with E-state index in [0.717, 1.165) is 16.9 Å². The first-order valence-electron chi connectivity index (χ1n) is 9.93. The van der Waals surface area contributed by atoms with E-state index in [0.29, 0.717) is 43.2 Å². The molecule has 7 nitrogen and oxygen atoms in total. The molecular weight excluding hydrogens is 386 g/mol. The second kappa shape index (κ2) is 9.71. The van der Waals surface area contributed by atoms with E-state index in [4.69, 9.17) is 18.9 Å². The van der Waals surface area contributed by atoms with Crippen LogP contribution in [-0.2, 0) is 4.79 Å². The standard InChI is InChI=1S/C23H29NO6/c1-27-17-7-5-6-16(12-17)22(24-10-8-15(9-11-24)23(25)26)18-13-20(29-3)21(30-4)14-19(18)28-2/h5-7,12-15,22H,8-11H2,1-4H3,(H,25,26). The second-order valence-corrected chi connectivity index (χ2v) is 7.28. The number of nitrogens with zero attached hydrogens (tertiary/aromatic N) is 1. The fourth-order valence-electron chi connectivity index (χ4n) is 4.07. The third-order valence-corrected chi connectivity index (χ3v) is 5.68. The fourth-order valence-corrected chi connectivity index (χ4v) is 4.07. The maximum Gasteiger partial charge on any atom is 0.306 e. The Morgan fingerprint density at radius 1 is 0.933 bits per heavy atom. The highest BCUT2D eigenvalue weighted by molar-refractivity contribution is 5.70. The molecule has 2 aromatic carbocycles. The van der Waals surface area contributed by atoms with Gasteiger partial charge < -0.3 is 24.1 Å². The number of piperidine rings is 1. The Hall–Kier alpha value is -2.93. The van der Waals surface area contributed by atoms with Crippen LogP contribution >= 0.6 is 0 Å². The van der Waals surface area contributed by atoms with Crippen molar-refractivity contribution in [2.45, 2.75) is 18.9 Å². The van der Waals surface area contributed by atoms with Gasteiger partial charge in [-0.3, -0.25) is 9.69 Å². The summed E-state index contributed by atoms with van der Waals surface area (Å²) in [5.74, 6) is 1.61. The van der Waals surface area contributed by atoms with Gasteiger partial charge in [-0.15, -0.1) is 0 Å². The van der Waals surface area contributed by atoms with E-state index >= 15 is 0 Å². The SMILES string of the molecule is COc1cccc(C(c2cc(OC)c(OC)cc2OC)N2CCC(C(=O)O)CC2)c1. The van der Waals surface area contributed by atoms with E-state index in [1.54, 1.807) is 28.4 Å². The quantitative estimate of drug-likeness (QED) is 0.706. The summed E-state index contributed by atoms with van der Waals surface area (Å²) in [5, 5.41) is 9.39. The van der Waals surface area contributed by atoms with Crippen molar-refractivity contribution in [3.8, 4) is 23.0 Å². The number of benzene rings is 2. The Balaban J connectivity index is 2.09. The minimum Gasteiger partial charge on any atom is -0.497 e. The van der Waals surface area contributed by atoms with E-state index in [1.807, 2.05) is 36.4 Å². The van der Waals surface area contributed by atoms with Gasteiger partial charge >= 0.3 is 5.97 Å². The molecule has 0 aliphatic carbocycles. The van der Waals surface area contributed by atoms with Crippen LogP contribution in [0.25, 0.3) is 0 Å². The lowest BCUT2D eigenvalue weighted by Crippen LogP contribution is -2.39. The molecule has 7 heteroatoms. The van der Waals surface area contributed by atoms with Crippen LogP contribution in [0.2, 0.25) is 0 Å². The largest absolute Gasteiger partial charge is 0.497 e. The number of carboxylic acid groups (broad SMARTS) is 1. The summed E-state index contributed by atoms with van der Waals surface area (Å²) in [6.45, 7) is 1.33. The van der Waals surface area contributed by atoms with Crippen LogP contribution in [0, 0.1) is 5.92 Å². The number of methoxy groups -OCH3 is 4. The molecule has 30 heavy (non-hydrogen) atoms. The van der Waals surface area contributed by atoms with Gasteiger partial charge in [-0.25, -0.2) is 0 Å². The summed E-state index contributed by atoms with van der Waals surface area (Å²) in [6.07, 6.45) is 1.21. The van der Waals surface area contributed by atoms with Gasteiger partial charge in [0.2, 0.25) is 0 Å². The monoisotopic (exact) mass is 415 g/mol. The van der Waals surface area contributed by atoms with Crippen LogP contribution in [0.15, 0.2) is 36.4 Å². The molecule has 0 aromatic heterocycles. The number of hydrogen-bond acceptors (Lipinski definition) is 6. The zero-order valence-electron chi connectivity index (χ0n) is 17.9. The zero-order valence-corrected chi connectivity index (χ0v) is 17.9. The molecule has 2 aromatic rings. The summed E-state index contributed by atoms with van der Waals surface area (Å²) < 4.78 is 22.1. The van der Waals surface area contributed by atoms with E-state index in [-0.39, 0.29) is 12.0 Å². The van der Waals surface area contributed by atoms with Crippen molar-refractivity contribution in [2.75, 3.05) is 41.5 Å². The highest BCUT2D eigenvalue weighted by Crippen LogP contribution is 2.43. The molecule has 0 amide bonds. The number of hydrogen-bond donors (Lipinski definition) is 1. The van der Waals surface area contributed by atoms with Gasteiger partial charge in [-0.1, -0.05) is 12.1 Å². The normalized spacial score (nSPS) is 16.0. The minimum atomic E-state index is -0.726. The van der Waals surface area contributed by atoms with E-state index < -0.39 is 5.97 Å². The van der Waals surface area contributed by atoms with Crippen molar-refractivity contribution in [2.24, 2.45) is 5.92 Å². The third-order valence-electron chi connectivity index (χ3n) is 5.68. The minimum absolute atomic E-state index is 0.149. The molecule has 1 unspecified atom stereocenters. The summed E-state index contributed by atoms with van der Waals surface area (Å²) in [5.41, 5.74) is 1.96. The molecule has 1 heterocycles. The highest BCUT2D eigenvalue weighted by atomic mass is 16.5. The molecule has 1 aliphatic heterocycles. The van der Waals surface area contributed by atoms with Gasteiger partial charge in [-0.2, -0.15) is 0 Å². The maximum atomic E-state index is 11.4. The summed E-state index contributed by atoms with van der Waals surface area (Å²) >= 11 is 0. The maximum absolute atomic E-state index is 11.4. The first-order chi connectivity index (χ1) is 14.5. The predicted molar refractivity (Wildman–Crippen MR) is 113 cm³/mol. The van der Waals surface area contributed by atoms with E-state index in [9.17, 15) is 9.90 Å². The average molecular weight is 415 g/mol. The molecule has 0 bridgehead atoms. The Bertz CT molecular complexity index is 876. The Morgan fingerprint density at radius 3 is 2.13 bits per heavy atom. The van der Waals surface area contributed by atoms with Crippen molar-refractivity contribution < 1.29 is 28.8 Å². The van der Waals surface area contributed by atoms with Crippen LogP contribution in [0.3, 0.4) is 0 Å². The number of carboxylic acids is 1. The molecule has 0 radical (unpaired) electrons. The van der Waals surface area contributed by atoms with Crippen molar-refractivity contribution in [3.63, 3.8) is 0 Å². The van der Waals surface area contributed by atoms with Crippen molar-refractivity contribution in [1.82, 2.24) is 4.90 Å². The van der Waals surface area contributed by atoms with Gasteiger partial charge in [0, 0.05) is 11.6 Å². The Kier molecular flexibility index (Phi) is 7.05. The Morgan fingerprint density at radius 2 is 1.57 bits per heavy atom. The summed E-state index contributed by atoms with van der Waals surface area (Å²) in [4.78, 5) is 13.7. The number of likely N-dealkylation sites (tertiary alicyclic amines) is 1. The molecule has 0 saturated carbocycles. The lowest BCUT2D eigenvalue weighted by molar-refractivity contribution is -0.143. The number of aliphatic carboxylic acids is 1. The zero-order chi connectivity index (χ0) is 21.7.